The minimum absolute atomic E-state index is 0.147. The van der Waals surface area contributed by atoms with Crippen LogP contribution in [0.4, 0.5) is 0 Å². The number of rotatable bonds is 5. The van der Waals surface area contributed by atoms with Crippen molar-refractivity contribution < 1.29 is 0 Å². The van der Waals surface area contributed by atoms with Crippen LogP contribution in [0.3, 0.4) is 0 Å². The predicted octanol–water partition coefficient (Wildman–Crippen LogP) is 4.18. The van der Waals surface area contributed by atoms with Gasteiger partial charge in [0.2, 0.25) is 0 Å². The van der Waals surface area contributed by atoms with Gasteiger partial charge in [-0.2, -0.15) is 0 Å². The van der Waals surface area contributed by atoms with Gasteiger partial charge in [-0.3, -0.25) is 0 Å². The zero-order chi connectivity index (χ0) is 14.6. The van der Waals surface area contributed by atoms with Crippen molar-refractivity contribution >= 4 is 11.3 Å². The highest BCUT2D eigenvalue weighted by Gasteiger charge is 2.14. The first-order valence-corrected chi connectivity index (χ1v) is 8.06. The van der Waals surface area contributed by atoms with Crippen molar-refractivity contribution in [3.05, 3.63) is 51.5 Å². The van der Waals surface area contributed by atoms with E-state index in [1.165, 1.54) is 21.1 Å². The van der Waals surface area contributed by atoms with Crippen molar-refractivity contribution in [1.82, 2.24) is 10.3 Å². The quantitative estimate of drug-likeness (QED) is 0.892. The third-order valence-electron chi connectivity index (χ3n) is 3.13. The Morgan fingerprint density at radius 3 is 2.45 bits per heavy atom. The summed E-state index contributed by atoms with van der Waals surface area (Å²) in [5, 5.41) is 4.78. The Kier molecular flexibility index (Phi) is 4.95. The van der Waals surface area contributed by atoms with Gasteiger partial charge < -0.3 is 5.32 Å². The highest BCUT2D eigenvalue weighted by atomic mass is 32.1. The standard InChI is InChI=1S/C17H24N2S/c1-5-14-15(12-18-17(2,3)4)20-16(19-14)11-13-9-7-6-8-10-13/h6-10,18H,5,11-12H2,1-4H3. The molecule has 1 N–H and O–H groups in total. The largest absolute Gasteiger partial charge is 0.307 e. The van der Waals surface area contributed by atoms with E-state index in [2.05, 4.69) is 63.3 Å². The van der Waals surface area contributed by atoms with E-state index in [4.69, 9.17) is 4.98 Å². The minimum atomic E-state index is 0.147. The molecule has 0 aliphatic carbocycles. The number of aromatic nitrogens is 1. The van der Waals surface area contributed by atoms with Gasteiger partial charge in [-0.05, 0) is 32.8 Å². The molecule has 1 aromatic heterocycles. The van der Waals surface area contributed by atoms with E-state index < -0.39 is 0 Å². The molecule has 0 spiro atoms. The number of aryl methyl sites for hydroxylation is 1. The van der Waals surface area contributed by atoms with Gasteiger partial charge in [0.15, 0.2) is 0 Å². The van der Waals surface area contributed by atoms with Crippen LogP contribution < -0.4 is 5.32 Å². The molecule has 0 radical (unpaired) electrons. The zero-order valence-electron chi connectivity index (χ0n) is 12.9. The topological polar surface area (TPSA) is 24.9 Å². The highest BCUT2D eigenvalue weighted by molar-refractivity contribution is 7.11. The Balaban J connectivity index is 2.10. The maximum atomic E-state index is 4.80. The van der Waals surface area contributed by atoms with Crippen LogP contribution in [-0.2, 0) is 19.4 Å². The fourth-order valence-corrected chi connectivity index (χ4v) is 3.17. The molecule has 1 heterocycles. The van der Waals surface area contributed by atoms with Crippen LogP contribution in [0, 0.1) is 0 Å². The molecule has 0 saturated carbocycles. The highest BCUT2D eigenvalue weighted by Crippen LogP contribution is 2.22. The summed E-state index contributed by atoms with van der Waals surface area (Å²) in [6, 6.07) is 10.6. The number of hydrogen-bond acceptors (Lipinski definition) is 3. The van der Waals surface area contributed by atoms with Gasteiger partial charge in [0.05, 0.1) is 10.7 Å². The molecule has 0 bridgehead atoms. The number of benzene rings is 1. The third-order valence-corrected chi connectivity index (χ3v) is 4.23. The summed E-state index contributed by atoms with van der Waals surface area (Å²) in [6.45, 7) is 9.70. The molecule has 0 aliphatic heterocycles. The lowest BCUT2D eigenvalue weighted by molar-refractivity contribution is 0.425. The predicted molar refractivity (Wildman–Crippen MR) is 87.3 cm³/mol. The molecular weight excluding hydrogens is 264 g/mol. The van der Waals surface area contributed by atoms with Crippen LogP contribution in [0.2, 0.25) is 0 Å². The second-order valence-electron chi connectivity index (χ2n) is 6.10. The van der Waals surface area contributed by atoms with Gasteiger partial charge in [-0.25, -0.2) is 4.98 Å². The summed E-state index contributed by atoms with van der Waals surface area (Å²) in [5.41, 5.74) is 2.73. The fourth-order valence-electron chi connectivity index (χ4n) is 2.04. The summed E-state index contributed by atoms with van der Waals surface area (Å²) in [6.07, 6.45) is 1.94. The Morgan fingerprint density at radius 1 is 1.15 bits per heavy atom. The SMILES string of the molecule is CCc1nc(Cc2ccccc2)sc1CNC(C)(C)C. The van der Waals surface area contributed by atoms with Gasteiger partial charge in [-0.1, -0.05) is 37.3 Å². The molecule has 108 valence electrons. The Morgan fingerprint density at radius 2 is 1.85 bits per heavy atom. The molecule has 2 rings (SSSR count). The molecule has 2 aromatic rings. The van der Waals surface area contributed by atoms with Gasteiger partial charge in [-0.15, -0.1) is 11.3 Å². The maximum Gasteiger partial charge on any atom is 0.0975 e. The Labute approximate surface area is 126 Å². The van der Waals surface area contributed by atoms with Crippen LogP contribution in [0.5, 0.6) is 0 Å². The molecule has 20 heavy (non-hydrogen) atoms. The molecule has 0 amide bonds. The lowest BCUT2D eigenvalue weighted by Crippen LogP contribution is -2.35. The summed E-state index contributed by atoms with van der Waals surface area (Å²) in [7, 11) is 0. The first kappa shape index (κ1) is 15.2. The van der Waals surface area contributed by atoms with E-state index >= 15 is 0 Å². The fraction of sp³-hybridized carbons (Fsp3) is 0.471. The van der Waals surface area contributed by atoms with Crippen molar-refractivity contribution in [2.75, 3.05) is 0 Å². The molecule has 0 atom stereocenters. The van der Waals surface area contributed by atoms with Crippen LogP contribution in [0.15, 0.2) is 30.3 Å². The monoisotopic (exact) mass is 288 g/mol. The lowest BCUT2D eigenvalue weighted by Gasteiger charge is -2.20. The van der Waals surface area contributed by atoms with E-state index in [0.717, 1.165) is 19.4 Å². The number of nitrogens with zero attached hydrogens (tertiary/aromatic N) is 1. The molecular formula is C17H24N2S. The lowest BCUT2D eigenvalue weighted by atomic mass is 10.1. The smallest absolute Gasteiger partial charge is 0.0975 e. The van der Waals surface area contributed by atoms with Crippen molar-refractivity contribution in [1.29, 1.82) is 0 Å². The van der Waals surface area contributed by atoms with Crippen LogP contribution >= 0.6 is 11.3 Å². The second kappa shape index (κ2) is 6.51. The van der Waals surface area contributed by atoms with E-state index in [0.29, 0.717) is 0 Å². The number of hydrogen-bond donors (Lipinski definition) is 1. The maximum absolute atomic E-state index is 4.80. The molecule has 0 saturated heterocycles. The third kappa shape index (κ3) is 4.43. The zero-order valence-corrected chi connectivity index (χ0v) is 13.7. The molecule has 0 aliphatic rings. The van der Waals surface area contributed by atoms with Gasteiger partial charge in [0.1, 0.15) is 0 Å². The Bertz CT molecular complexity index is 538. The van der Waals surface area contributed by atoms with Crippen molar-refractivity contribution in [2.45, 2.75) is 52.6 Å². The summed E-state index contributed by atoms with van der Waals surface area (Å²) in [4.78, 5) is 6.19. The average Bonchev–Trinajstić information content (AvgIpc) is 2.79. The normalized spacial score (nSPS) is 11.8. The van der Waals surface area contributed by atoms with Gasteiger partial charge in [0, 0.05) is 23.4 Å². The minimum Gasteiger partial charge on any atom is -0.307 e. The summed E-state index contributed by atoms with van der Waals surface area (Å²) in [5.74, 6) is 0. The van der Waals surface area contributed by atoms with E-state index in [1.807, 2.05) is 11.3 Å². The van der Waals surface area contributed by atoms with Crippen molar-refractivity contribution in [3.63, 3.8) is 0 Å². The number of thiazole rings is 1. The molecule has 0 unspecified atom stereocenters. The van der Waals surface area contributed by atoms with Gasteiger partial charge >= 0.3 is 0 Å². The van der Waals surface area contributed by atoms with Crippen LogP contribution in [0.1, 0.15) is 48.8 Å². The first-order chi connectivity index (χ1) is 9.48. The molecule has 2 nitrogen and oxygen atoms in total. The summed E-state index contributed by atoms with van der Waals surface area (Å²) >= 11 is 1.85. The van der Waals surface area contributed by atoms with E-state index in [1.54, 1.807) is 0 Å². The Hall–Kier alpha value is -1.19. The van der Waals surface area contributed by atoms with Crippen molar-refractivity contribution in [2.24, 2.45) is 0 Å². The average molecular weight is 288 g/mol. The van der Waals surface area contributed by atoms with Crippen molar-refractivity contribution in [3.8, 4) is 0 Å². The second-order valence-corrected chi connectivity index (χ2v) is 7.27. The van der Waals surface area contributed by atoms with E-state index in [-0.39, 0.29) is 5.54 Å². The van der Waals surface area contributed by atoms with Crippen LogP contribution in [0.25, 0.3) is 0 Å². The molecule has 3 heteroatoms. The van der Waals surface area contributed by atoms with Gasteiger partial charge in [0.25, 0.3) is 0 Å². The van der Waals surface area contributed by atoms with E-state index in [9.17, 15) is 0 Å². The number of nitrogens with one attached hydrogen (secondary N) is 1. The molecule has 1 aromatic carbocycles. The van der Waals surface area contributed by atoms with Crippen LogP contribution in [-0.4, -0.2) is 10.5 Å². The summed E-state index contributed by atoms with van der Waals surface area (Å²) < 4.78 is 0. The first-order valence-electron chi connectivity index (χ1n) is 7.24. The molecule has 0 fully saturated rings.